The first-order chi connectivity index (χ1) is 6.92. The first kappa shape index (κ1) is 11.5. The second kappa shape index (κ2) is 4.31. The molecule has 0 aliphatic rings. The Kier molecular flexibility index (Phi) is 3.31. The molecular weight excluding hydrogens is 192 g/mol. The zero-order valence-corrected chi connectivity index (χ0v) is 9.52. The largest absolute Gasteiger partial charge is 0.855 e. The number of benzene rings is 1. The fraction of sp³-hybridized carbons (Fsp3) is 0.364. The summed E-state index contributed by atoms with van der Waals surface area (Å²) in [5, 5.41) is 15.6. The third-order valence-corrected chi connectivity index (χ3v) is 1.73. The van der Waals surface area contributed by atoms with Crippen LogP contribution >= 0.6 is 0 Å². The summed E-state index contributed by atoms with van der Waals surface area (Å²) in [7, 11) is 7.09. The highest BCUT2D eigenvalue weighted by atomic mass is 16.5. The predicted octanol–water partition coefficient (Wildman–Crippen LogP) is 0.423. The zero-order valence-electron chi connectivity index (χ0n) is 9.52. The van der Waals surface area contributed by atoms with Gasteiger partial charge in [0.1, 0.15) is 5.75 Å². The molecule has 0 spiro atoms. The van der Waals surface area contributed by atoms with Crippen LogP contribution < -0.4 is 9.84 Å². The highest BCUT2D eigenvalue weighted by Crippen LogP contribution is 2.11. The molecule has 0 aliphatic carbocycles. The van der Waals surface area contributed by atoms with Crippen LogP contribution in [0.2, 0.25) is 0 Å². The fourth-order valence-electron chi connectivity index (χ4n) is 1.06. The van der Waals surface area contributed by atoms with E-state index in [9.17, 15) is 5.11 Å². The van der Waals surface area contributed by atoms with Gasteiger partial charge in [-0.3, -0.25) is 0 Å². The van der Waals surface area contributed by atoms with E-state index in [1.807, 2.05) is 21.1 Å². The summed E-state index contributed by atoms with van der Waals surface area (Å²) in [6, 6.07) is 6.91. The molecule has 0 heterocycles. The van der Waals surface area contributed by atoms with E-state index in [-0.39, 0.29) is 10.5 Å². The molecule has 0 radical (unpaired) electrons. The Morgan fingerprint density at radius 1 is 1.20 bits per heavy atom. The van der Waals surface area contributed by atoms with E-state index in [0.29, 0.717) is 5.56 Å². The highest BCUT2D eigenvalue weighted by Gasteiger charge is 2.04. The molecule has 0 N–H and O–H groups in total. The van der Waals surface area contributed by atoms with Crippen LogP contribution in [0.5, 0.6) is 5.75 Å². The van der Waals surface area contributed by atoms with Gasteiger partial charge >= 0.3 is 0 Å². The van der Waals surface area contributed by atoms with Crippen molar-refractivity contribution < 1.29 is 14.4 Å². The van der Waals surface area contributed by atoms with E-state index in [0.717, 1.165) is 5.75 Å². The van der Waals surface area contributed by atoms with Gasteiger partial charge in [-0.05, 0) is 17.7 Å². The SMILES string of the molecule is COc1ccc(/C([O-])=N/[N+](C)(C)C)cc1. The second-order valence-corrected chi connectivity index (χ2v) is 4.08. The van der Waals surface area contributed by atoms with Crippen LogP contribution in [0.4, 0.5) is 0 Å². The average molecular weight is 208 g/mol. The number of methoxy groups -OCH3 is 1. The molecule has 1 aromatic rings. The van der Waals surface area contributed by atoms with Gasteiger partial charge in [0.15, 0.2) is 0 Å². The van der Waals surface area contributed by atoms with Crippen molar-refractivity contribution in [1.82, 2.24) is 0 Å². The number of rotatable bonds is 3. The lowest BCUT2D eigenvalue weighted by molar-refractivity contribution is -0.878. The van der Waals surface area contributed by atoms with Crippen molar-refractivity contribution in [3.05, 3.63) is 29.8 Å². The Morgan fingerprint density at radius 2 is 1.73 bits per heavy atom. The molecule has 0 saturated carbocycles. The molecule has 0 saturated heterocycles. The van der Waals surface area contributed by atoms with Gasteiger partial charge in [0.05, 0.1) is 34.2 Å². The van der Waals surface area contributed by atoms with Gasteiger partial charge in [0.2, 0.25) is 0 Å². The standard InChI is InChI=1S/C11H16N2O2/c1-13(2,3)12-11(14)9-5-7-10(15-4)8-6-9/h5-8H,1-4H3. The van der Waals surface area contributed by atoms with Crippen molar-refractivity contribution in [3.8, 4) is 5.75 Å². The molecular formula is C11H16N2O2. The Labute approximate surface area is 90.0 Å². The van der Waals surface area contributed by atoms with Crippen molar-refractivity contribution in [3.63, 3.8) is 0 Å². The minimum absolute atomic E-state index is 0.217. The van der Waals surface area contributed by atoms with E-state index in [1.54, 1.807) is 31.4 Å². The lowest BCUT2D eigenvalue weighted by Crippen LogP contribution is -2.33. The van der Waals surface area contributed by atoms with Gasteiger partial charge in [-0.1, -0.05) is 17.2 Å². The monoisotopic (exact) mass is 208 g/mol. The maximum absolute atomic E-state index is 11.6. The minimum Gasteiger partial charge on any atom is -0.855 e. The Bertz CT molecular complexity index is 350. The van der Waals surface area contributed by atoms with E-state index in [1.165, 1.54) is 0 Å². The van der Waals surface area contributed by atoms with Gasteiger partial charge in [0.25, 0.3) is 0 Å². The summed E-state index contributed by atoms with van der Waals surface area (Å²) in [4.78, 5) is 0. The van der Waals surface area contributed by atoms with Crippen LogP contribution in [0.15, 0.2) is 29.4 Å². The molecule has 0 bridgehead atoms. The number of hydrogen-bond acceptors (Lipinski definition) is 3. The Morgan fingerprint density at radius 3 is 2.13 bits per heavy atom. The molecule has 0 atom stereocenters. The van der Waals surface area contributed by atoms with Crippen LogP contribution in [-0.2, 0) is 0 Å². The third kappa shape index (κ3) is 3.59. The van der Waals surface area contributed by atoms with E-state index in [2.05, 4.69) is 5.10 Å². The molecule has 0 aliphatic heterocycles. The molecule has 0 aromatic heterocycles. The topological polar surface area (TPSA) is 44.6 Å². The molecule has 1 aromatic carbocycles. The number of quaternary nitrogens is 1. The van der Waals surface area contributed by atoms with Crippen molar-refractivity contribution in [2.75, 3.05) is 28.3 Å². The van der Waals surface area contributed by atoms with Gasteiger partial charge in [-0.15, -0.1) is 0 Å². The van der Waals surface area contributed by atoms with E-state index in [4.69, 9.17) is 4.74 Å². The number of hydrogen-bond donors (Lipinski definition) is 0. The molecule has 4 heteroatoms. The lowest BCUT2D eigenvalue weighted by Gasteiger charge is -2.20. The minimum atomic E-state index is -0.217. The van der Waals surface area contributed by atoms with Gasteiger partial charge < -0.3 is 9.84 Å². The Balaban J connectivity index is 2.92. The van der Waals surface area contributed by atoms with Crippen molar-refractivity contribution >= 4 is 5.90 Å². The summed E-state index contributed by atoms with van der Waals surface area (Å²) in [6.07, 6.45) is 0. The van der Waals surface area contributed by atoms with Gasteiger partial charge in [0, 0.05) is 0 Å². The maximum Gasteiger partial charge on any atom is 0.118 e. The number of ether oxygens (including phenoxy) is 1. The molecule has 1 rings (SSSR count). The second-order valence-electron chi connectivity index (χ2n) is 4.08. The van der Waals surface area contributed by atoms with Crippen molar-refractivity contribution in [2.24, 2.45) is 5.10 Å². The van der Waals surface area contributed by atoms with Crippen LogP contribution in [0.25, 0.3) is 0 Å². The predicted molar refractivity (Wildman–Crippen MR) is 57.6 cm³/mol. The molecule has 82 valence electrons. The van der Waals surface area contributed by atoms with E-state index < -0.39 is 0 Å². The molecule has 0 fully saturated rings. The summed E-state index contributed by atoms with van der Waals surface area (Å²) in [6.45, 7) is 0. The van der Waals surface area contributed by atoms with Crippen molar-refractivity contribution in [2.45, 2.75) is 0 Å². The lowest BCUT2D eigenvalue weighted by atomic mass is 10.2. The first-order valence-electron chi connectivity index (χ1n) is 4.65. The van der Waals surface area contributed by atoms with Crippen LogP contribution in [0.3, 0.4) is 0 Å². The van der Waals surface area contributed by atoms with Gasteiger partial charge in [-0.25, -0.2) is 4.59 Å². The average Bonchev–Trinajstić information content (AvgIpc) is 2.15. The molecule has 15 heavy (non-hydrogen) atoms. The quantitative estimate of drug-likeness (QED) is 0.313. The summed E-state index contributed by atoms with van der Waals surface area (Å²) in [5.41, 5.74) is 0.573. The van der Waals surface area contributed by atoms with Gasteiger partial charge in [-0.2, -0.15) is 0 Å². The summed E-state index contributed by atoms with van der Waals surface area (Å²) in [5.74, 6) is 0.516. The smallest absolute Gasteiger partial charge is 0.118 e. The molecule has 4 nitrogen and oxygen atoms in total. The summed E-state index contributed by atoms with van der Waals surface area (Å²) >= 11 is 0. The van der Waals surface area contributed by atoms with Crippen LogP contribution in [0.1, 0.15) is 5.56 Å². The first-order valence-corrected chi connectivity index (χ1v) is 4.65. The normalized spacial score (nSPS) is 12.7. The van der Waals surface area contributed by atoms with E-state index >= 15 is 0 Å². The zero-order chi connectivity index (χ0) is 11.5. The highest BCUT2D eigenvalue weighted by molar-refractivity contribution is 5.90. The van der Waals surface area contributed by atoms with Crippen LogP contribution in [-0.4, -0.2) is 38.7 Å². The van der Waals surface area contributed by atoms with Crippen LogP contribution in [0, 0.1) is 0 Å². The summed E-state index contributed by atoms with van der Waals surface area (Å²) < 4.78 is 5.27. The Hall–Kier alpha value is -1.55. The third-order valence-electron chi connectivity index (χ3n) is 1.73. The fourth-order valence-corrected chi connectivity index (χ4v) is 1.06. The molecule has 0 unspecified atom stereocenters. The maximum atomic E-state index is 11.6. The van der Waals surface area contributed by atoms with Crippen molar-refractivity contribution in [1.29, 1.82) is 0 Å². The number of nitrogens with zero attached hydrogens (tertiary/aromatic N) is 2. The molecule has 0 amide bonds.